The number of hydrogen-bond donors (Lipinski definition) is 0. The van der Waals surface area contributed by atoms with Gasteiger partial charge in [-0.1, -0.05) is 17.7 Å². The topological polar surface area (TPSA) is 31.4 Å². The third kappa shape index (κ3) is 2.32. The number of methoxy groups -OCH3 is 2. The first kappa shape index (κ1) is 13.2. The monoisotopic (exact) mass is 305 g/mol. The second-order valence-corrected chi connectivity index (χ2v) is 5.64. The summed E-state index contributed by atoms with van der Waals surface area (Å²) < 4.78 is 11.6. The van der Waals surface area contributed by atoms with Crippen molar-refractivity contribution in [2.45, 2.75) is 0 Å². The van der Waals surface area contributed by atoms with Crippen molar-refractivity contribution in [1.82, 2.24) is 4.98 Å². The standard InChI is InChI=1S/C15H12ClNO2S/c1-18-10-6-9(7-11(8-10)19-2)15-17-14-12(16)4-3-5-13(14)20-15/h3-8H,1-2H3. The first-order chi connectivity index (χ1) is 9.71. The van der Waals surface area contributed by atoms with E-state index in [4.69, 9.17) is 21.1 Å². The second kappa shape index (κ2) is 5.31. The van der Waals surface area contributed by atoms with Crippen molar-refractivity contribution in [3.8, 4) is 22.1 Å². The maximum Gasteiger partial charge on any atom is 0.124 e. The summed E-state index contributed by atoms with van der Waals surface area (Å²) in [6.45, 7) is 0. The molecule has 102 valence electrons. The Labute approximate surface area is 125 Å². The van der Waals surface area contributed by atoms with Gasteiger partial charge in [0.25, 0.3) is 0 Å². The maximum absolute atomic E-state index is 6.17. The highest BCUT2D eigenvalue weighted by Crippen LogP contribution is 2.36. The van der Waals surface area contributed by atoms with Gasteiger partial charge in [-0.2, -0.15) is 0 Å². The van der Waals surface area contributed by atoms with Crippen LogP contribution >= 0.6 is 22.9 Å². The largest absolute Gasteiger partial charge is 0.497 e. The molecule has 1 aromatic heterocycles. The Morgan fingerprint density at radius 2 is 1.75 bits per heavy atom. The van der Waals surface area contributed by atoms with Crippen molar-refractivity contribution < 1.29 is 9.47 Å². The van der Waals surface area contributed by atoms with Gasteiger partial charge in [-0.05, 0) is 24.3 Å². The van der Waals surface area contributed by atoms with Gasteiger partial charge in [-0.3, -0.25) is 0 Å². The lowest BCUT2D eigenvalue weighted by atomic mass is 10.2. The van der Waals surface area contributed by atoms with Crippen LogP contribution in [0.25, 0.3) is 20.8 Å². The van der Waals surface area contributed by atoms with E-state index >= 15 is 0 Å². The van der Waals surface area contributed by atoms with Crippen LogP contribution in [0.1, 0.15) is 0 Å². The van der Waals surface area contributed by atoms with Crippen LogP contribution in [0.2, 0.25) is 5.02 Å². The second-order valence-electron chi connectivity index (χ2n) is 4.21. The Morgan fingerprint density at radius 1 is 1.05 bits per heavy atom. The molecule has 0 saturated carbocycles. The van der Waals surface area contributed by atoms with E-state index in [2.05, 4.69) is 4.98 Å². The molecule has 3 rings (SSSR count). The van der Waals surface area contributed by atoms with Crippen LogP contribution in [0, 0.1) is 0 Å². The lowest BCUT2D eigenvalue weighted by Crippen LogP contribution is -1.88. The smallest absolute Gasteiger partial charge is 0.124 e. The number of ether oxygens (including phenoxy) is 2. The molecule has 0 aliphatic rings. The molecule has 3 aromatic rings. The predicted molar refractivity (Wildman–Crippen MR) is 83.2 cm³/mol. The molecule has 0 radical (unpaired) electrons. The van der Waals surface area contributed by atoms with Crippen molar-refractivity contribution in [2.24, 2.45) is 0 Å². The van der Waals surface area contributed by atoms with E-state index in [-0.39, 0.29) is 0 Å². The van der Waals surface area contributed by atoms with E-state index in [9.17, 15) is 0 Å². The third-order valence-corrected chi connectivity index (χ3v) is 4.34. The van der Waals surface area contributed by atoms with Crippen LogP contribution in [0.5, 0.6) is 11.5 Å². The highest BCUT2D eigenvalue weighted by Gasteiger charge is 2.11. The number of rotatable bonds is 3. The number of fused-ring (bicyclic) bond motifs is 1. The molecule has 1 heterocycles. The summed E-state index contributed by atoms with van der Waals surface area (Å²) >= 11 is 7.77. The molecular weight excluding hydrogens is 294 g/mol. The molecule has 0 amide bonds. The lowest BCUT2D eigenvalue weighted by molar-refractivity contribution is 0.394. The molecule has 0 unspecified atom stereocenters. The minimum atomic E-state index is 0.667. The fourth-order valence-electron chi connectivity index (χ4n) is 1.97. The van der Waals surface area contributed by atoms with Gasteiger partial charge in [0, 0.05) is 11.6 Å². The quantitative estimate of drug-likeness (QED) is 0.706. The summed E-state index contributed by atoms with van der Waals surface area (Å²) in [7, 11) is 3.27. The number of aromatic nitrogens is 1. The average molecular weight is 306 g/mol. The predicted octanol–water partition coefficient (Wildman–Crippen LogP) is 4.63. The summed E-state index contributed by atoms with van der Waals surface area (Å²) in [6, 6.07) is 11.5. The number of nitrogens with zero attached hydrogens (tertiary/aromatic N) is 1. The van der Waals surface area contributed by atoms with Crippen molar-refractivity contribution >= 4 is 33.2 Å². The van der Waals surface area contributed by atoms with E-state index in [0.717, 1.165) is 32.3 Å². The summed E-state index contributed by atoms with van der Waals surface area (Å²) in [4.78, 5) is 4.61. The van der Waals surface area contributed by atoms with Crippen molar-refractivity contribution in [3.05, 3.63) is 41.4 Å². The summed E-state index contributed by atoms with van der Waals surface area (Å²) in [5.41, 5.74) is 1.79. The van der Waals surface area contributed by atoms with Crippen LogP contribution in [0.3, 0.4) is 0 Å². The zero-order valence-electron chi connectivity index (χ0n) is 11.0. The molecule has 0 spiro atoms. The Morgan fingerprint density at radius 3 is 2.35 bits per heavy atom. The number of halogens is 1. The van der Waals surface area contributed by atoms with Gasteiger partial charge < -0.3 is 9.47 Å². The molecule has 0 bridgehead atoms. The van der Waals surface area contributed by atoms with Crippen LogP contribution in [0.4, 0.5) is 0 Å². The Bertz CT molecular complexity index is 747. The van der Waals surface area contributed by atoms with E-state index in [1.807, 2.05) is 36.4 Å². The van der Waals surface area contributed by atoms with Gasteiger partial charge in [-0.25, -0.2) is 4.98 Å². The van der Waals surface area contributed by atoms with E-state index < -0.39 is 0 Å². The molecule has 0 atom stereocenters. The van der Waals surface area contributed by atoms with Gasteiger partial charge in [-0.15, -0.1) is 11.3 Å². The van der Waals surface area contributed by atoms with Crippen molar-refractivity contribution in [2.75, 3.05) is 14.2 Å². The van der Waals surface area contributed by atoms with Crippen molar-refractivity contribution in [1.29, 1.82) is 0 Å². The number of hydrogen-bond acceptors (Lipinski definition) is 4. The Balaban J connectivity index is 2.17. The first-order valence-electron chi connectivity index (χ1n) is 6.00. The van der Waals surface area contributed by atoms with Crippen molar-refractivity contribution in [3.63, 3.8) is 0 Å². The van der Waals surface area contributed by atoms with Crippen LogP contribution in [-0.2, 0) is 0 Å². The summed E-state index contributed by atoms with van der Waals surface area (Å²) in [5, 5.41) is 1.56. The molecule has 0 N–H and O–H groups in total. The third-order valence-electron chi connectivity index (χ3n) is 2.97. The normalized spacial score (nSPS) is 10.8. The fourth-order valence-corrected chi connectivity index (χ4v) is 3.22. The Hall–Kier alpha value is -1.78. The molecule has 0 aliphatic heterocycles. The highest BCUT2D eigenvalue weighted by atomic mass is 35.5. The lowest BCUT2D eigenvalue weighted by Gasteiger charge is -2.06. The molecule has 0 fully saturated rings. The fraction of sp³-hybridized carbons (Fsp3) is 0.133. The average Bonchev–Trinajstić information content (AvgIpc) is 2.92. The number of benzene rings is 2. The Kier molecular flexibility index (Phi) is 3.51. The minimum absolute atomic E-state index is 0.667. The van der Waals surface area contributed by atoms with E-state index in [1.54, 1.807) is 25.6 Å². The van der Waals surface area contributed by atoms with Crippen LogP contribution < -0.4 is 9.47 Å². The van der Waals surface area contributed by atoms with Gasteiger partial charge in [0.1, 0.15) is 22.0 Å². The molecule has 5 heteroatoms. The molecule has 2 aromatic carbocycles. The van der Waals surface area contributed by atoms with Gasteiger partial charge in [0.15, 0.2) is 0 Å². The van der Waals surface area contributed by atoms with Crippen LogP contribution in [-0.4, -0.2) is 19.2 Å². The molecule has 3 nitrogen and oxygen atoms in total. The number of para-hydroxylation sites is 1. The SMILES string of the molecule is COc1cc(OC)cc(-c2nc3c(Cl)cccc3s2)c1. The van der Waals surface area contributed by atoms with E-state index in [1.165, 1.54) is 0 Å². The molecular formula is C15H12ClNO2S. The summed E-state index contributed by atoms with van der Waals surface area (Å²) in [6.07, 6.45) is 0. The van der Waals surface area contributed by atoms with Gasteiger partial charge in [0.2, 0.25) is 0 Å². The van der Waals surface area contributed by atoms with Gasteiger partial charge >= 0.3 is 0 Å². The molecule has 0 aliphatic carbocycles. The first-order valence-corrected chi connectivity index (χ1v) is 7.19. The van der Waals surface area contributed by atoms with Crippen LogP contribution in [0.15, 0.2) is 36.4 Å². The zero-order valence-corrected chi connectivity index (χ0v) is 12.6. The molecule has 20 heavy (non-hydrogen) atoms. The number of thiazole rings is 1. The summed E-state index contributed by atoms with van der Waals surface area (Å²) in [5.74, 6) is 1.48. The molecule has 0 saturated heterocycles. The maximum atomic E-state index is 6.17. The zero-order chi connectivity index (χ0) is 14.1. The van der Waals surface area contributed by atoms with E-state index in [0.29, 0.717) is 5.02 Å². The minimum Gasteiger partial charge on any atom is -0.497 e. The van der Waals surface area contributed by atoms with Gasteiger partial charge in [0.05, 0.1) is 23.9 Å². The highest BCUT2D eigenvalue weighted by molar-refractivity contribution is 7.21.